The van der Waals surface area contributed by atoms with Gasteiger partial charge < -0.3 is 11.2 Å². The molecule has 0 spiro atoms. The lowest BCUT2D eigenvalue weighted by molar-refractivity contribution is -0.115. The Kier molecular flexibility index (Phi) is 5.94. The molecular formula is C21H29N7OS. The van der Waals surface area contributed by atoms with Crippen LogP contribution in [0.5, 0.6) is 0 Å². The van der Waals surface area contributed by atoms with Crippen LogP contribution in [-0.2, 0) is 17.3 Å². The number of nitrogen functional groups attached to an aromatic ring is 1. The summed E-state index contributed by atoms with van der Waals surface area (Å²) in [5.41, 5.74) is 4.61. The number of thioether (sulfide) groups is 1. The molecule has 0 aliphatic heterocycles. The second-order valence-corrected chi connectivity index (χ2v) is 9.73. The Labute approximate surface area is 181 Å². The minimum absolute atomic E-state index is 0.0731. The summed E-state index contributed by atoms with van der Waals surface area (Å²) in [4.78, 5) is 12.7. The highest BCUT2D eigenvalue weighted by molar-refractivity contribution is 8.00. The number of aromatic nitrogens is 5. The standard InChI is InChI=1S/C21H29N7OS/c1-12-17(13(2)27(7)26-12)23-19(29)14(3)30-20-25-24-18(28(20)22)15-8-10-16(11-9-15)21(4,5)6/h8-11,14H,22H2,1-7H3,(H,23,29)/t14-/m0/s1. The number of nitrogens with zero attached hydrogens (tertiary/aromatic N) is 5. The number of nitrogens with one attached hydrogen (secondary N) is 1. The van der Waals surface area contributed by atoms with Crippen molar-refractivity contribution in [3.8, 4) is 11.4 Å². The second kappa shape index (κ2) is 8.14. The van der Waals surface area contributed by atoms with Gasteiger partial charge in [-0.1, -0.05) is 56.8 Å². The Hall–Kier alpha value is -2.81. The first-order valence-electron chi connectivity index (χ1n) is 9.78. The van der Waals surface area contributed by atoms with Gasteiger partial charge in [0.15, 0.2) is 5.82 Å². The zero-order chi connectivity index (χ0) is 22.2. The molecule has 1 aromatic carbocycles. The first-order chi connectivity index (χ1) is 14.0. The summed E-state index contributed by atoms with van der Waals surface area (Å²) in [6, 6.07) is 8.13. The van der Waals surface area contributed by atoms with Crippen LogP contribution in [0.4, 0.5) is 5.69 Å². The van der Waals surface area contributed by atoms with Crippen LogP contribution in [0.1, 0.15) is 44.6 Å². The molecule has 0 aliphatic rings. The van der Waals surface area contributed by atoms with Crippen molar-refractivity contribution in [1.29, 1.82) is 0 Å². The van der Waals surface area contributed by atoms with E-state index in [0.29, 0.717) is 11.0 Å². The van der Waals surface area contributed by atoms with E-state index in [1.165, 1.54) is 22.0 Å². The maximum atomic E-state index is 12.7. The number of benzene rings is 1. The summed E-state index contributed by atoms with van der Waals surface area (Å²) in [7, 11) is 1.85. The van der Waals surface area contributed by atoms with Gasteiger partial charge >= 0.3 is 0 Å². The Balaban J connectivity index is 1.73. The molecule has 3 rings (SSSR count). The average molecular weight is 428 g/mol. The van der Waals surface area contributed by atoms with E-state index >= 15 is 0 Å². The number of anilines is 1. The van der Waals surface area contributed by atoms with E-state index in [1.54, 1.807) is 4.68 Å². The van der Waals surface area contributed by atoms with Gasteiger partial charge in [-0.3, -0.25) is 9.48 Å². The predicted octanol–water partition coefficient (Wildman–Crippen LogP) is 3.43. The highest BCUT2D eigenvalue weighted by atomic mass is 32.2. The number of nitrogens with two attached hydrogens (primary N) is 1. The SMILES string of the molecule is Cc1nn(C)c(C)c1NC(=O)[C@H](C)Sc1nnc(-c2ccc(C(C)(C)C)cc2)n1N. The quantitative estimate of drug-likeness (QED) is 0.478. The van der Waals surface area contributed by atoms with Crippen LogP contribution in [0.15, 0.2) is 29.4 Å². The second-order valence-electron chi connectivity index (χ2n) is 8.42. The molecule has 0 saturated carbocycles. The largest absolute Gasteiger partial charge is 0.335 e. The molecule has 1 atom stereocenters. The third-order valence-electron chi connectivity index (χ3n) is 5.08. The number of carbonyl (C=O) groups excluding carboxylic acids is 1. The summed E-state index contributed by atoms with van der Waals surface area (Å²) >= 11 is 1.26. The summed E-state index contributed by atoms with van der Waals surface area (Å²) in [6.07, 6.45) is 0. The van der Waals surface area contributed by atoms with Gasteiger partial charge in [0.05, 0.1) is 22.3 Å². The summed E-state index contributed by atoms with van der Waals surface area (Å²) < 4.78 is 3.18. The Morgan fingerprint density at radius 3 is 2.33 bits per heavy atom. The molecule has 8 nitrogen and oxygen atoms in total. The van der Waals surface area contributed by atoms with E-state index in [9.17, 15) is 4.79 Å². The van der Waals surface area contributed by atoms with Crippen LogP contribution in [0.3, 0.4) is 0 Å². The predicted molar refractivity (Wildman–Crippen MR) is 121 cm³/mol. The molecule has 0 unspecified atom stereocenters. The number of hydrogen-bond donors (Lipinski definition) is 2. The Morgan fingerprint density at radius 1 is 1.17 bits per heavy atom. The van der Waals surface area contributed by atoms with Gasteiger partial charge in [-0.2, -0.15) is 5.10 Å². The number of hydrogen-bond acceptors (Lipinski definition) is 6. The fraction of sp³-hybridized carbons (Fsp3) is 0.429. The van der Waals surface area contributed by atoms with Crippen LogP contribution in [0.2, 0.25) is 0 Å². The minimum Gasteiger partial charge on any atom is -0.335 e. The van der Waals surface area contributed by atoms with Gasteiger partial charge in [-0.25, -0.2) is 4.68 Å². The van der Waals surface area contributed by atoms with E-state index in [0.717, 1.165) is 22.6 Å². The lowest BCUT2D eigenvalue weighted by atomic mass is 9.87. The molecule has 2 aromatic heterocycles. The molecule has 2 heterocycles. The fourth-order valence-corrected chi connectivity index (χ4v) is 3.83. The topological polar surface area (TPSA) is 104 Å². The highest BCUT2D eigenvalue weighted by Gasteiger charge is 2.22. The van der Waals surface area contributed by atoms with Crippen LogP contribution in [-0.4, -0.2) is 35.8 Å². The smallest absolute Gasteiger partial charge is 0.237 e. The van der Waals surface area contributed by atoms with E-state index in [1.807, 2.05) is 40.0 Å². The zero-order valence-corrected chi connectivity index (χ0v) is 19.3. The first-order valence-corrected chi connectivity index (χ1v) is 10.7. The molecule has 9 heteroatoms. The third-order valence-corrected chi connectivity index (χ3v) is 6.14. The number of amides is 1. The van der Waals surface area contributed by atoms with E-state index in [2.05, 4.69) is 53.5 Å². The number of rotatable bonds is 5. The van der Waals surface area contributed by atoms with Gasteiger partial charge in [0.25, 0.3) is 0 Å². The van der Waals surface area contributed by atoms with Crippen LogP contribution in [0, 0.1) is 13.8 Å². The van der Waals surface area contributed by atoms with Crippen molar-refractivity contribution < 1.29 is 4.79 Å². The van der Waals surface area contributed by atoms with Crippen LogP contribution < -0.4 is 11.2 Å². The summed E-state index contributed by atoms with van der Waals surface area (Å²) in [5.74, 6) is 6.66. The van der Waals surface area contributed by atoms with Crippen LogP contribution >= 0.6 is 11.8 Å². The Morgan fingerprint density at radius 2 is 1.80 bits per heavy atom. The highest BCUT2D eigenvalue weighted by Crippen LogP contribution is 2.28. The maximum absolute atomic E-state index is 12.7. The van der Waals surface area contributed by atoms with Crippen molar-refractivity contribution in [3.63, 3.8) is 0 Å². The molecule has 1 amide bonds. The number of carbonyl (C=O) groups is 1. The minimum atomic E-state index is -0.411. The van der Waals surface area contributed by atoms with Gasteiger partial charge in [-0.05, 0) is 31.7 Å². The average Bonchev–Trinajstić information content (AvgIpc) is 3.15. The van der Waals surface area contributed by atoms with E-state index in [4.69, 9.17) is 5.84 Å². The monoisotopic (exact) mass is 427 g/mol. The molecule has 0 aliphatic carbocycles. The van der Waals surface area contributed by atoms with Crippen molar-refractivity contribution in [2.45, 2.75) is 57.4 Å². The molecule has 30 heavy (non-hydrogen) atoms. The van der Waals surface area contributed by atoms with E-state index in [-0.39, 0.29) is 11.3 Å². The molecule has 160 valence electrons. The first kappa shape index (κ1) is 21.9. The lowest BCUT2D eigenvalue weighted by Crippen LogP contribution is -2.24. The van der Waals surface area contributed by atoms with Crippen molar-refractivity contribution in [3.05, 3.63) is 41.2 Å². The van der Waals surface area contributed by atoms with Gasteiger partial charge in [0.2, 0.25) is 11.1 Å². The normalized spacial score (nSPS) is 12.8. The molecule has 0 radical (unpaired) electrons. The van der Waals surface area contributed by atoms with Gasteiger partial charge in [0, 0.05) is 12.6 Å². The molecule has 0 bridgehead atoms. The fourth-order valence-electron chi connectivity index (χ4n) is 3.06. The number of aryl methyl sites for hydroxylation is 2. The van der Waals surface area contributed by atoms with Gasteiger partial charge in [0.1, 0.15) is 0 Å². The molecule has 3 aromatic rings. The molecule has 0 saturated heterocycles. The maximum Gasteiger partial charge on any atom is 0.237 e. The van der Waals surface area contributed by atoms with E-state index < -0.39 is 5.25 Å². The van der Waals surface area contributed by atoms with Crippen molar-refractivity contribution >= 4 is 23.4 Å². The van der Waals surface area contributed by atoms with Gasteiger partial charge in [-0.15, -0.1) is 10.2 Å². The molecule has 3 N–H and O–H groups in total. The Bertz CT molecular complexity index is 1060. The van der Waals surface area contributed by atoms with Crippen molar-refractivity contribution in [2.75, 3.05) is 11.2 Å². The van der Waals surface area contributed by atoms with Crippen LogP contribution in [0.25, 0.3) is 11.4 Å². The molecule has 0 fully saturated rings. The zero-order valence-electron chi connectivity index (χ0n) is 18.5. The third kappa shape index (κ3) is 4.35. The lowest BCUT2D eigenvalue weighted by Gasteiger charge is -2.19. The summed E-state index contributed by atoms with van der Waals surface area (Å²) in [5, 5.41) is 15.8. The molecular weight excluding hydrogens is 398 g/mol. The van der Waals surface area contributed by atoms with Crippen molar-refractivity contribution in [1.82, 2.24) is 24.7 Å². The van der Waals surface area contributed by atoms with Crippen molar-refractivity contribution in [2.24, 2.45) is 7.05 Å². The summed E-state index contributed by atoms with van der Waals surface area (Å²) in [6.45, 7) is 12.1.